The van der Waals surface area contributed by atoms with E-state index in [1.165, 1.54) is 18.4 Å². The normalized spacial score (nSPS) is 16.6. The van der Waals surface area contributed by atoms with Gasteiger partial charge < -0.3 is 0 Å². The summed E-state index contributed by atoms with van der Waals surface area (Å²) < 4.78 is 0. The van der Waals surface area contributed by atoms with Crippen LogP contribution in [0.1, 0.15) is 49.0 Å². The molecule has 19 heavy (non-hydrogen) atoms. The number of rotatable bonds is 7. The Hall–Kier alpha value is -1.15. The maximum atomic E-state index is 12.5. The van der Waals surface area contributed by atoms with Crippen LogP contribution < -0.4 is 0 Å². The summed E-state index contributed by atoms with van der Waals surface area (Å²) in [5.41, 5.74) is 2.04. The molecule has 1 atom stereocenters. The maximum Gasteiger partial charge on any atom is 0.179 e. The Morgan fingerprint density at radius 3 is 2.47 bits per heavy atom. The van der Waals surface area contributed by atoms with Crippen LogP contribution in [0.3, 0.4) is 0 Å². The molecule has 0 spiro atoms. The monoisotopic (exact) mass is 259 g/mol. The molecule has 1 fully saturated rings. The standard InChI is InChI=1S/C17H25NO/c1-4-11-18(12-15-7-8-15)14(3)17(19)16-9-5-13(2)6-10-16/h5-6,9-10,14-15H,4,7-8,11-12H2,1-3H3. The summed E-state index contributed by atoms with van der Waals surface area (Å²) in [6, 6.07) is 7.95. The summed E-state index contributed by atoms with van der Waals surface area (Å²) in [5.74, 6) is 1.09. The molecule has 0 saturated heterocycles. The summed E-state index contributed by atoms with van der Waals surface area (Å²) in [6.45, 7) is 8.40. The van der Waals surface area contributed by atoms with E-state index in [9.17, 15) is 4.79 Å². The van der Waals surface area contributed by atoms with Crippen molar-refractivity contribution in [3.63, 3.8) is 0 Å². The fraction of sp³-hybridized carbons (Fsp3) is 0.588. The molecule has 0 amide bonds. The third-order valence-corrected chi connectivity index (χ3v) is 3.96. The molecule has 104 valence electrons. The molecule has 0 bridgehead atoms. The molecule has 2 rings (SSSR count). The van der Waals surface area contributed by atoms with Gasteiger partial charge in [-0.15, -0.1) is 0 Å². The zero-order valence-electron chi connectivity index (χ0n) is 12.4. The van der Waals surface area contributed by atoms with Crippen LogP contribution in [0, 0.1) is 12.8 Å². The Kier molecular flexibility index (Phi) is 4.76. The van der Waals surface area contributed by atoms with Crippen LogP contribution in [-0.4, -0.2) is 29.8 Å². The molecule has 1 unspecified atom stereocenters. The van der Waals surface area contributed by atoms with Crippen molar-refractivity contribution in [1.29, 1.82) is 0 Å². The average Bonchev–Trinajstić information content (AvgIpc) is 3.21. The fourth-order valence-corrected chi connectivity index (χ4v) is 2.49. The van der Waals surface area contributed by atoms with Gasteiger partial charge in [-0.25, -0.2) is 0 Å². The number of carbonyl (C=O) groups excluding carboxylic acids is 1. The number of benzene rings is 1. The van der Waals surface area contributed by atoms with Crippen LogP contribution >= 0.6 is 0 Å². The smallest absolute Gasteiger partial charge is 0.179 e. The van der Waals surface area contributed by atoms with Crippen molar-refractivity contribution in [2.45, 2.75) is 46.1 Å². The number of nitrogens with zero attached hydrogens (tertiary/aromatic N) is 1. The van der Waals surface area contributed by atoms with E-state index < -0.39 is 0 Å². The Morgan fingerprint density at radius 2 is 1.95 bits per heavy atom. The molecule has 1 aromatic rings. The van der Waals surface area contributed by atoms with E-state index in [2.05, 4.69) is 18.7 Å². The Morgan fingerprint density at radius 1 is 1.32 bits per heavy atom. The summed E-state index contributed by atoms with van der Waals surface area (Å²) in [4.78, 5) is 14.9. The summed E-state index contributed by atoms with van der Waals surface area (Å²) >= 11 is 0. The van der Waals surface area contributed by atoms with Crippen molar-refractivity contribution in [3.05, 3.63) is 35.4 Å². The van der Waals surface area contributed by atoms with Gasteiger partial charge in [0.25, 0.3) is 0 Å². The third-order valence-electron chi connectivity index (χ3n) is 3.96. The molecular weight excluding hydrogens is 234 g/mol. The minimum Gasteiger partial charge on any atom is -0.293 e. The summed E-state index contributed by atoms with van der Waals surface area (Å²) in [6.07, 6.45) is 3.79. The first kappa shape index (κ1) is 14.3. The van der Waals surface area contributed by atoms with Crippen LogP contribution in [0.5, 0.6) is 0 Å². The van der Waals surface area contributed by atoms with Crippen LogP contribution in [0.25, 0.3) is 0 Å². The molecule has 0 radical (unpaired) electrons. The van der Waals surface area contributed by atoms with E-state index in [0.717, 1.165) is 31.0 Å². The van der Waals surface area contributed by atoms with Gasteiger partial charge in [0.15, 0.2) is 5.78 Å². The second-order valence-corrected chi connectivity index (χ2v) is 5.84. The van der Waals surface area contributed by atoms with E-state index in [-0.39, 0.29) is 11.8 Å². The lowest BCUT2D eigenvalue weighted by molar-refractivity contribution is 0.0831. The van der Waals surface area contributed by atoms with Crippen molar-refractivity contribution in [1.82, 2.24) is 4.90 Å². The quantitative estimate of drug-likeness (QED) is 0.696. The number of hydrogen-bond donors (Lipinski definition) is 0. The van der Waals surface area contributed by atoms with Gasteiger partial charge in [-0.2, -0.15) is 0 Å². The van der Waals surface area contributed by atoms with Crippen molar-refractivity contribution in [2.24, 2.45) is 5.92 Å². The number of hydrogen-bond acceptors (Lipinski definition) is 2. The topological polar surface area (TPSA) is 20.3 Å². The summed E-state index contributed by atoms with van der Waals surface area (Å²) in [7, 11) is 0. The Balaban J connectivity index is 2.04. The zero-order chi connectivity index (χ0) is 13.8. The zero-order valence-corrected chi connectivity index (χ0v) is 12.4. The van der Waals surface area contributed by atoms with Crippen LogP contribution in [0.15, 0.2) is 24.3 Å². The van der Waals surface area contributed by atoms with Gasteiger partial charge >= 0.3 is 0 Å². The predicted molar refractivity (Wildman–Crippen MR) is 79.6 cm³/mol. The van der Waals surface area contributed by atoms with E-state index >= 15 is 0 Å². The molecule has 2 heteroatoms. The van der Waals surface area contributed by atoms with Crippen molar-refractivity contribution in [2.75, 3.05) is 13.1 Å². The first-order valence-corrected chi connectivity index (χ1v) is 7.46. The molecule has 0 aromatic heterocycles. The van der Waals surface area contributed by atoms with Crippen LogP contribution in [0.4, 0.5) is 0 Å². The third kappa shape index (κ3) is 3.90. The second kappa shape index (κ2) is 6.33. The highest BCUT2D eigenvalue weighted by Crippen LogP contribution is 2.30. The number of carbonyl (C=O) groups is 1. The second-order valence-electron chi connectivity index (χ2n) is 5.84. The molecule has 2 nitrogen and oxygen atoms in total. The van der Waals surface area contributed by atoms with Gasteiger partial charge in [-0.3, -0.25) is 9.69 Å². The molecule has 0 N–H and O–H groups in total. The fourth-order valence-electron chi connectivity index (χ4n) is 2.49. The minimum absolute atomic E-state index is 0.00301. The predicted octanol–water partition coefficient (Wildman–Crippen LogP) is 3.69. The molecule has 1 saturated carbocycles. The van der Waals surface area contributed by atoms with E-state index in [0.29, 0.717) is 0 Å². The lowest BCUT2D eigenvalue weighted by atomic mass is 10.0. The van der Waals surface area contributed by atoms with Gasteiger partial charge in [0, 0.05) is 12.1 Å². The number of Topliss-reactive ketones (excluding diaryl/α,β-unsaturated/α-hetero) is 1. The highest BCUT2D eigenvalue weighted by atomic mass is 16.1. The Bertz CT molecular complexity index is 419. The first-order chi connectivity index (χ1) is 9.11. The summed E-state index contributed by atoms with van der Waals surface area (Å²) in [5, 5.41) is 0. The van der Waals surface area contributed by atoms with Gasteiger partial charge in [0.1, 0.15) is 0 Å². The van der Waals surface area contributed by atoms with Gasteiger partial charge in [-0.05, 0) is 45.6 Å². The molecule has 0 heterocycles. The highest BCUT2D eigenvalue weighted by molar-refractivity contribution is 5.99. The molecule has 0 aliphatic heterocycles. The van der Waals surface area contributed by atoms with Crippen molar-refractivity contribution >= 4 is 5.78 Å². The first-order valence-electron chi connectivity index (χ1n) is 7.46. The molecule has 1 aliphatic carbocycles. The highest BCUT2D eigenvalue weighted by Gasteiger charge is 2.29. The van der Waals surface area contributed by atoms with Crippen molar-refractivity contribution < 1.29 is 4.79 Å². The van der Waals surface area contributed by atoms with Crippen molar-refractivity contribution in [3.8, 4) is 0 Å². The lowest BCUT2D eigenvalue weighted by Crippen LogP contribution is -2.40. The maximum absolute atomic E-state index is 12.5. The largest absolute Gasteiger partial charge is 0.293 e. The van der Waals surface area contributed by atoms with Crippen LogP contribution in [0.2, 0.25) is 0 Å². The molecule has 1 aromatic carbocycles. The SMILES string of the molecule is CCCN(CC1CC1)C(C)C(=O)c1ccc(C)cc1. The van der Waals surface area contributed by atoms with Crippen LogP contribution in [-0.2, 0) is 0 Å². The number of aryl methyl sites for hydroxylation is 1. The van der Waals surface area contributed by atoms with Gasteiger partial charge in [-0.1, -0.05) is 36.8 Å². The number of ketones is 1. The van der Waals surface area contributed by atoms with Gasteiger partial charge in [0.2, 0.25) is 0 Å². The Labute approximate surface area is 116 Å². The molecular formula is C17H25NO. The van der Waals surface area contributed by atoms with E-state index in [1.54, 1.807) is 0 Å². The lowest BCUT2D eigenvalue weighted by Gasteiger charge is -2.27. The van der Waals surface area contributed by atoms with E-state index in [1.807, 2.05) is 31.2 Å². The van der Waals surface area contributed by atoms with Gasteiger partial charge in [0.05, 0.1) is 6.04 Å². The van der Waals surface area contributed by atoms with E-state index in [4.69, 9.17) is 0 Å². The average molecular weight is 259 g/mol. The minimum atomic E-state index is 0.00301. The molecule has 1 aliphatic rings.